The van der Waals surface area contributed by atoms with Gasteiger partial charge < -0.3 is 22.6 Å². The first-order chi connectivity index (χ1) is 17.6. The van der Waals surface area contributed by atoms with Crippen LogP contribution in [0.25, 0.3) is 11.1 Å². The molecule has 4 nitrogen and oxygen atoms in total. The van der Waals surface area contributed by atoms with Crippen molar-refractivity contribution in [2.45, 2.75) is 26.3 Å². The minimum atomic E-state index is -5.07. The van der Waals surface area contributed by atoms with E-state index in [1.165, 1.54) is 35.2 Å². The molecular weight excluding hydrogens is 591 g/mol. The minimum Gasteiger partial charge on any atom is -0.448 e. The van der Waals surface area contributed by atoms with Crippen molar-refractivity contribution in [2.75, 3.05) is 32.8 Å². The van der Waals surface area contributed by atoms with Gasteiger partial charge in [-0.05, 0) is 69.8 Å². The Labute approximate surface area is 229 Å². The maximum Gasteiger partial charge on any atom is 0.509 e. The van der Waals surface area contributed by atoms with Crippen LogP contribution in [0.5, 0.6) is 0 Å². The fourth-order valence-corrected chi connectivity index (χ4v) is 6.13. The molecule has 0 saturated carbocycles. The summed E-state index contributed by atoms with van der Waals surface area (Å²) in [6.07, 6.45) is -0.343. The number of carbonyl (C=O) groups excluding carboxylic acids is 1. The maximum absolute atomic E-state index is 13.6. The third-order valence-electron chi connectivity index (χ3n) is 7.62. The van der Waals surface area contributed by atoms with Crippen molar-refractivity contribution < 1.29 is 22.5 Å². The Morgan fingerprint density at radius 1 is 0.946 bits per heavy atom. The van der Waals surface area contributed by atoms with Gasteiger partial charge in [-0.1, -0.05) is 60.2 Å². The lowest BCUT2D eigenvalue weighted by molar-refractivity contribution is 0.0728. The molecule has 37 heavy (non-hydrogen) atoms. The predicted molar refractivity (Wildman–Crippen MR) is 149 cm³/mol. The molecule has 1 saturated heterocycles. The van der Waals surface area contributed by atoms with Gasteiger partial charge in [-0.15, -0.1) is 5.46 Å². The van der Waals surface area contributed by atoms with Crippen molar-refractivity contribution in [3.8, 4) is 11.1 Å². The molecular formula is C28H28BF3IN2O2-. The molecule has 2 aliphatic rings. The molecule has 1 aliphatic carbocycles. The number of benzene rings is 3. The van der Waals surface area contributed by atoms with Crippen LogP contribution in [0.2, 0.25) is 0 Å². The summed E-state index contributed by atoms with van der Waals surface area (Å²) in [5.41, 5.74) is 6.08. The fraction of sp³-hybridized carbons (Fsp3) is 0.321. The number of halogens is 4. The van der Waals surface area contributed by atoms with Gasteiger partial charge in [0.1, 0.15) is 6.61 Å². The summed E-state index contributed by atoms with van der Waals surface area (Å²) in [7, 11) is 0. The number of piperazine rings is 1. The van der Waals surface area contributed by atoms with Crippen LogP contribution in [0.1, 0.15) is 33.7 Å². The Bertz CT molecular complexity index is 1290. The van der Waals surface area contributed by atoms with Gasteiger partial charge in [-0.2, -0.15) is 0 Å². The van der Waals surface area contributed by atoms with Gasteiger partial charge in [0.15, 0.2) is 0 Å². The highest BCUT2D eigenvalue weighted by atomic mass is 127. The van der Waals surface area contributed by atoms with E-state index in [-0.39, 0.29) is 18.6 Å². The molecule has 194 valence electrons. The normalized spacial score (nSPS) is 16.0. The summed E-state index contributed by atoms with van der Waals surface area (Å²) in [6, 6.07) is 17.8. The highest BCUT2D eigenvalue weighted by molar-refractivity contribution is 14.1. The lowest BCUT2D eigenvalue weighted by atomic mass is 9.75. The summed E-state index contributed by atoms with van der Waals surface area (Å²) in [5.74, 6) is 0.00838. The fourth-order valence-electron chi connectivity index (χ4n) is 5.47. The Morgan fingerprint density at radius 3 is 2.08 bits per heavy atom. The Balaban J connectivity index is 1.20. The quantitative estimate of drug-likeness (QED) is 0.259. The summed E-state index contributed by atoms with van der Waals surface area (Å²) in [4.78, 5) is 16.7. The molecule has 1 amide bonds. The molecule has 1 aliphatic heterocycles. The second-order valence-corrected chi connectivity index (χ2v) is 10.9. The zero-order valence-corrected chi connectivity index (χ0v) is 23.0. The average Bonchev–Trinajstić information content (AvgIpc) is 3.21. The van der Waals surface area contributed by atoms with Crippen LogP contribution >= 0.6 is 22.6 Å². The van der Waals surface area contributed by atoms with Gasteiger partial charge in [0.25, 0.3) is 0 Å². The van der Waals surface area contributed by atoms with Crippen LogP contribution in [0, 0.1) is 17.4 Å². The summed E-state index contributed by atoms with van der Waals surface area (Å²) >= 11 is 2.01. The van der Waals surface area contributed by atoms with Crippen molar-refractivity contribution in [3.63, 3.8) is 0 Å². The molecule has 5 rings (SSSR count). The number of fused-ring (bicyclic) bond motifs is 3. The summed E-state index contributed by atoms with van der Waals surface area (Å²) < 4.78 is 47.2. The highest BCUT2D eigenvalue weighted by Crippen LogP contribution is 2.44. The van der Waals surface area contributed by atoms with Crippen LogP contribution in [0.15, 0.2) is 54.6 Å². The largest absolute Gasteiger partial charge is 0.509 e. The van der Waals surface area contributed by atoms with Gasteiger partial charge >= 0.3 is 13.1 Å². The summed E-state index contributed by atoms with van der Waals surface area (Å²) in [6.45, 7) is 1.18. The van der Waals surface area contributed by atoms with Crippen LogP contribution in [-0.2, 0) is 11.3 Å². The van der Waals surface area contributed by atoms with E-state index in [1.54, 1.807) is 4.90 Å². The molecule has 0 bridgehead atoms. The second-order valence-electron chi connectivity index (χ2n) is 9.83. The minimum absolute atomic E-state index is 0.00838. The Hall–Kier alpha value is -2.53. The van der Waals surface area contributed by atoms with Crippen molar-refractivity contribution in [2.24, 2.45) is 0 Å². The third kappa shape index (κ3) is 5.12. The topological polar surface area (TPSA) is 32.8 Å². The second kappa shape index (κ2) is 10.3. The first kappa shape index (κ1) is 26.1. The molecule has 0 unspecified atom stereocenters. The SMILES string of the molecule is Cc1c(CN2CCN(C(=O)OCC3c4ccccc4-c4ccccc43)CC2)cc([B-](F)(F)F)c(C)c1I. The van der Waals surface area contributed by atoms with E-state index in [1.807, 2.05) is 53.8 Å². The van der Waals surface area contributed by atoms with Gasteiger partial charge in [0.2, 0.25) is 0 Å². The third-order valence-corrected chi connectivity index (χ3v) is 9.23. The number of hydrogen-bond acceptors (Lipinski definition) is 3. The molecule has 1 fully saturated rings. The number of amides is 1. The zero-order valence-electron chi connectivity index (χ0n) is 20.8. The number of nitrogens with zero attached hydrogens (tertiary/aromatic N) is 2. The maximum atomic E-state index is 13.6. The van der Waals surface area contributed by atoms with E-state index in [9.17, 15) is 17.7 Å². The Morgan fingerprint density at radius 2 is 1.51 bits per heavy atom. The number of carbonyl (C=O) groups is 1. The number of ether oxygens (including phenoxy) is 1. The molecule has 3 aromatic carbocycles. The molecule has 1 heterocycles. The molecule has 0 N–H and O–H groups in total. The van der Waals surface area contributed by atoms with Crippen molar-refractivity contribution in [3.05, 3.63) is 86.0 Å². The standard InChI is InChI=1S/C28H28BF3IN2O2/c1-18-20(15-26(29(30,31)32)19(2)27(18)33)16-34-11-13-35(14-12-34)28(36)37-17-25-23-9-5-3-7-21(23)22-8-4-6-10-24(22)25/h3-10,15,25H,11-14,16-17H2,1-2H3/q-1. The number of rotatable bonds is 5. The van der Waals surface area contributed by atoms with E-state index in [2.05, 4.69) is 29.2 Å². The highest BCUT2D eigenvalue weighted by Gasteiger charge is 2.32. The molecule has 9 heteroatoms. The van der Waals surface area contributed by atoms with Crippen LogP contribution in [0.3, 0.4) is 0 Å². The number of hydrogen-bond donors (Lipinski definition) is 0. The smallest absolute Gasteiger partial charge is 0.448 e. The Kier molecular flexibility index (Phi) is 7.28. The monoisotopic (exact) mass is 619 g/mol. The zero-order chi connectivity index (χ0) is 26.3. The van der Waals surface area contributed by atoms with E-state index >= 15 is 0 Å². The van der Waals surface area contributed by atoms with Crippen LogP contribution in [0.4, 0.5) is 17.7 Å². The van der Waals surface area contributed by atoms with Crippen LogP contribution in [-0.4, -0.2) is 55.7 Å². The van der Waals surface area contributed by atoms with Crippen LogP contribution < -0.4 is 5.46 Å². The van der Waals surface area contributed by atoms with E-state index in [4.69, 9.17) is 4.74 Å². The van der Waals surface area contributed by atoms with E-state index in [0.717, 1.165) is 5.56 Å². The predicted octanol–water partition coefficient (Wildman–Crippen LogP) is 6.03. The van der Waals surface area contributed by atoms with Crippen molar-refractivity contribution >= 4 is 41.1 Å². The van der Waals surface area contributed by atoms with E-state index in [0.29, 0.717) is 47.4 Å². The molecule has 3 aromatic rings. The van der Waals surface area contributed by atoms with Gasteiger partial charge in [-0.25, -0.2) is 4.79 Å². The summed E-state index contributed by atoms with van der Waals surface area (Å²) in [5, 5.41) is 0. The molecule has 0 radical (unpaired) electrons. The average molecular weight is 619 g/mol. The molecule has 0 aromatic heterocycles. The molecule has 0 atom stereocenters. The van der Waals surface area contributed by atoms with Gasteiger partial charge in [0, 0.05) is 42.2 Å². The first-order valence-electron chi connectivity index (χ1n) is 12.5. The lowest BCUT2D eigenvalue weighted by Crippen LogP contribution is -2.48. The molecule has 0 spiro atoms. The lowest BCUT2D eigenvalue weighted by Gasteiger charge is -2.35. The van der Waals surface area contributed by atoms with E-state index < -0.39 is 12.4 Å². The van der Waals surface area contributed by atoms with Gasteiger partial charge in [-0.3, -0.25) is 4.90 Å². The van der Waals surface area contributed by atoms with Crippen molar-refractivity contribution in [1.29, 1.82) is 0 Å². The van der Waals surface area contributed by atoms with Crippen molar-refractivity contribution in [1.82, 2.24) is 9.80 Å². The first-order valence-corrected chi connectivity index (χ1v) is 13.5. The van der Waals surface area contributed by atoms with Gasteiger partial charge in [0.05, 0.1) is 0 Å².